The van der Waals surface area contributed by atoms with Crippen LogP contribution >= 0.6 is 11.6 Å². The van der Waals surface area contributed by atoms with Gasteiger partial charge >= 0.3 is 6.18 Å². The Kier molecular flexibility index (Phi) is 7.34. The molecule has 6 heteroatoms. The van der Waals surface area contributed by atoms with Crippen LogP contribution in [0.2, 0.25) is 0 Å². The van der Waals surface area contributed by atoms with Crippen molar-refractivity contribution in [3.63, 3.8) is 0 Å². The summed E-state index contributed by atoms with van der Waals surface area (Å²) in [4.78, 5) is 0. The van der Waals surface area contributed by atoms with Gasteiger partial charge in [0.2, 0.25) is 0 Å². The van der Waals surface area contributed by atoms with Gasteiger partial charge in [0.25, 0.3) is 0 Å². The minimum atomic E-state index is -4.22. The first kappa shape index (κ1) is 16.1. The number of rotatable bonds is 7. The number of nitrogens with one attached hydrogen (secondary N) is 1. The number of halogens is 4. The highest BCUT2D eigenvalue weighted by atomic mass is 35.5. The monoisotopic (exact) mass is 287 g/mol. The summed E-state index contributed by atoms with van der Waals surface area (Å²) >= 11 is 6.21. The number of ether oxygens (including phenoxy) is 1. The molecule has 0 bridgehead atoms. The van der Waals surface area contributed by atoms with Gasteiger partial charge in [0.1, 0.15) is 6.61 Å². The van der Waals surface area contributed by atoms with Gasteiger partial charge < -0.3 is 10.1 Å². The first-order chi connectivity index (χ1) is 8.49. The van der Waals surface area contributed by atoms with E-state index < -0.39 is 12.8 Å². The van der Waals surface area contributed by atoms with E-state index in [0.717, 1.165) is 19.4 Å². The van der Waals surface area contributed by atoms with Crippen molar-refractivity contribution in [3.8, 4) is 0 Å². The van der Waals surface area contributed by atoms with E-state index >= 15 is 0 Å². The molecule has 0 spiro atoms. The molecular formula is C12H21ClF3NO. The Balaban J connectivity index is 1.92. The Morgan fingerprint density at radius 2 is 1.94 bits per heavy atom. The molecule has 0 saturated heterocycles. The summed E-state index contributed by atoms with van der Waals surface area (Å²) in [5.41, 5.74) is 0. The quantitative estimate of drug-likeness (QED) is 0.573. The van der Waals surface area contributed by atoms with Crippen LogP contribution in [0.4, 0.5) is 13.2 Å². The molecule has 1 fully saturated rings. The highest BCUT2D eigenvalue weighted by molar-refractivity contribution is 6.20. The van der Waals surface area contributed by atoms with Crippen LogP contribution in [0.5, 0.6) is 0 Å². The van der Waals surface area contributed by atoms with E-state index in [4.69, 9.17) is 11.6 Å². The normalized spacial score (nSPS) is 25.3. The first-order valence-corrected chi connectivity index (χ1v) is 6.92. The average Bonchev–Trinajstić information content (AvgIpc) is 2.28. The van der Waals surface area contributed by atoms with E-state index in [0.29, 0.717) is 18.9 Å². The Hall–Kier alpha value is 0. The SMILES string of the molecule is FC(F)(F)COCCCNCC1CCCCC1Cl. The van der Waals surface area contributed by atoms with Crippen LogP contribution in [0, 0.1) is 5.92 Å². The van der Waals surface area contributed by atoms with E-state index in [1.165, 1.54) is 12.8 Å². The summed E-state index contributed by atoms with van der Waals surface area (Å²) in [6, 6.07) is 0. The maximum Gasteiger partial charge on any atom is 0.411 e. The average molecular weight is 288 g/mol. The molecule has 0 radical (unpaired) electrons. The second-order valence-corrected chi connectivity index (χ2v) is 5.35. The third kappa shape index (κ3) is 7.44. The van der Waals surface area contributed by atoms with Crippen LogP contribution in [0.3, 0.4) is 0 Å². The summed E-state index contributed by atoms with van der Waals surface area (Å²) in [5, 5.41) is 3.48. The van der Waals surface area contributed by atoms with E-state index in [1.807, 2.05) is 0 Å². The van der Waals surface area contributed by atoms with Crippen molar-refractivity contribution in [1.82, 2.24) is 5.32 Å². The van der Waals surface area contributed by atoms with Crippen molar-refractivity contribution in [2.45, 2.75) is 43.7 Å². The Morgan fingerprint density at radius 1 is 1.22 bits per heavy atom. The maximum atomic E-state index is 11.8. The van der Waals surface area contributed by atoms with Crippen molar-refractivity contribution in [2.24, 2.45) is 5.92 Å². The second kappa shape index (κ2) is 8.23. The molecule has 0 heterocycles. The zero-order chi connectivity index (χ0) is 13.4. The molecule has 2 nitrogen and oxygen atoms in total. The summed E-state index contributed by atoms with van der Waals surface area (Å²) in [6.07, 6.45) is 1.02. The van der Waals surface area contributed by atoms with Crippen LogP contribution in [-0.2, 0) is 4.74 Å². The van der Waals surface area contributed by atoms with Gasteiger partial charge in [-0.1, -0.05) is 12.8 Å². The highest BCUT2D eigenvalue weighted by Crippen LogP contribution is 2.27. The first-order valence-electron chi connectivity index (χ1n) is 6.48. The molecule has 2 atom stereocenters. The standard InChI is InChI=1S/C12H21ClF3NO/c13-11-5-2-1-4-10(11)8-17-6-3-7-18-9-12(14,15)16/h10-11,17H,1-9H2. The van der Waals surface area contributed by atoms with Crippen molar-refractivity contribution in [1.29, 1.82) is 0 Å². The molecule has 0 aromatic heterocycles. The fourth-order valence-electron chi connectivity index (χ4n) is 2.17. The molecule has 1 aliphatic rings. The lowest BCUT2D eigenvalue weighted by atomic mass is 9.89. The second-order valence-electron chi connectivity index (χ2n) is 4.79. The van der Waals surface area contributed by atoms with E-state index in [2.05, 4.69) is 10.1 Å². The van der Waals surface area contributed by atoms with Gasteiger partial charge in [-0.3, -0.25) is 0 Å². The van der Waals surface area contributed by atoms with Crippen LogP contribution in [0.25, 0.3) is 0 Å². The van der Waals surface area contributed by atoms with Gasteiger partial charge in [-0.25, -0.2) is 0 Å². The molecule has 0 amide bonds. The topological polar surface area (TPSA) is 21.3 Å². The lowest BCUT2D eigenvalue weighted by Gasteiger charge is -2.27. The van der Waals surface area contributed by atoms with Crippen molar-refractivity contribution in [3.05, 3.63) is 0 Å². The van der Waals surface area contributed by atoms with E-state index in [-0.39, 0.29) is 12.0 Å². The highest BCUT2D eigenvalue weighted by Gasteiger charge is 2.27. The third-order valence-corrected chi connectivity index (χ3v) is 3.71. The van der Waals surface area contributed by atoms with Gasteiger partial charge in [0, 0.05) is 12.0 Å². The maximum absolute atomic E-state index is 11.8. The lowest BCUT2D eigenvalue weighted by Crippen LogP contribution is -2.32. The molecule has 0 aromatic rings. The molecule has 1 N–H and O–H groups in total. The summed E-state index contributed by atoms with van der Waals surface area (Å²) in [6.45, 7) is 0.520. The summed E-state index contributed by atoms with van der Waals surface area (Å²) in [7, 11) is 0. The molecule has 108 valence electrons. The number of hydrogen-bond acceptors (Lipinski definition) is 2. The zero-order valence-corrected chi connectivity index (χ0v) is 11.2. The minimum Gasteiger partial charge on any atom is -0.372 e. The molecule has 1 aliphatic carbocycles. The van der Waals surface area contributed by atoms with Crippen molar-refractivity contribution >= 4 is 11.6 Å². The molecule has 0 aliphatic heterocycles. The van der Waals surface area contributed by atoms with Crippen molar-refractivity contribution < 1.29 is 17.9 Å². The fraction of sp³-hybridized carbons (Fsp3) is 1.00. The molecule has 1 saturated carbocycles. The third-order valence-electron chi connectivity index (χ3n) is 3.13. The van der Waals surface area contributed by atoms with Gasteiger partial charge in [0.15, 0.2) is 0 Å². The number of hydrogen-bond donors (Lipinski definition) is 1. The molecule has 2 unspecified atom stereocenters. The minimum absolute atomic E-state index is 0.140. The van der Waals surface area contributed by atoms with Crippen LogP contribution in [-0.4, -0.2) is 37.9 Å². The smallest absolute Gasteiger partial charge is 0.372 e. The number of alkyl halides is 4. The Bertz CT molecular complexity index is 226. The molecule has 1 rings (SSSR count). The predicted molar refractivity (Wildman–Crippen MR) is 66.0 cm³/mol. The van der Waals surface area contributed by atoms with Gasteiger partial charge in [-0.2, -0.15) is 13.2 Å². The fourth-order valence-corrected chi connectivity index (χ4v) is 2.54. The van der Waals surface area contributed by atoms with Crippen LogP contribution < -0.4 is 5.32 Å². The summed E-state index contributed by atoms with van der Waals surface area (Å²) < 4.78 is 39.8. The molecular weight excluding hydrogens is 267 g/mol. The van der Waals surface area contributed by atoms with Crippen LogP contribution in [0.15, 0.2) is 0 Å². The molecule has 0 aromatic carbocycles. The van der Waals surface area contributed by atoms with Crippen molar-refractivity contribution in [2.75, 3.05) is 26.3 Å². The predicted octanol–water partition coefficient (Wildman–Crippen LogP) is 3.34. The molecule has 18 heavy (non-hydrogen) atoms. The van der Waals surface area contributed by atoms with E-state index in [1.54, 1.807) is 0 Å². The Labute approximate surface area is 111 Å². The zero-order valence-electron chi connectivity index (χ0n) is 10.4. The lowest BCUT2D eigenvalue weighted by molar-refractivity contribution is -0.173. The van der Waals surface area contributed by atoms with Gasteiger partial charge in [0.05, 0.1) is 0 Å². The summed E-state index contributed by atoms with van der Waals surface area (Å²) in [5.74, 6) is 0.497. The van der Waals surface area contributed by atoms with Gasteiger partial charge in [-0.15, -0.1) is 11.6 Å². The Morgan fingerprint density at radius 3 is 2.61 bits per heavy atom. The van der Waals surface area contributed by atoms with Crippen LogP contribution in [0.1, 0.15) is 32.1 Å². The van der Waals surface area contributed by atoms with E-state index in [9.17, 15) is 13.2 Å². The largest absolute Gasteiger partial charge is 0.411 e. The van der Waals surface area contributed by atoms with Gasteiger partial charge in [-0.05, 0) is 38.3 Å².